The van der Waals surface area contributed by atoms with Crippen molar-refractivity contribution < 1.29 is 4.79 Å². The first-order valence-corrected chi connectivity index (χ1v) is 8.01. The van der Waals surface area contributed by atoms with Gasteiger partial charge in [-0.15, -0.1) is 11.3 Å². The van der Waals surface area contributed by atoms with Crippen LogP contribution in [0.25, 0.3) is 0 Å². The van der Waals surface area contributed by atoms with Gasteiger partial charge in [-0.25, -0.2) is 0 Å². The number of nitrogens with one attached hydrogen (secondary N) is 1. The molecule has 1 aliphatic carbocycles. The third-order valence-corrected chi connectivity index (χ3v) is 4.45. The van der Waals surface area contributed by atoms with E-state index in [1.54, 1.807) is 17.4 Å². The predicted octanol–water partition coefficient (Wildman–Crippen LogP) is 2.93. The summed E-state index contributed by atoms with van der Waals surface area (Å²) in [5, 5.41) is 4.98. The molecule has 0 spiro atoms. The molecule has 0 saturated heterocycles. The summed E-state index contributed by atoms with van der Waals surface area (Å²) < 4.78 is 0. The standard InChI is InChI=1S/C16H19N3OS/c17-14-5-1-2-6-15(14)18-16(20)11-19(12-7-8-12)10-13-4-3-9-21-13/h1-6,9,12H,7-8,10-11,17H2,(H,18,20). The minimum Gasteiger partial charge on any atom is -0.397 e. The maximum atomic E-state index is 12.2. The van der Waals surface area contributed by atoms with Crippen LogP contribution < -0.4 is 11.1 Å². The molecule has 0 aliphatic heterocycles. The van der Waals surface area contributed by atoms with Gasteiger partial charge in [0.1, 0.15) is 0 Å². The van der Waals surface area contributed by atoms with E-state index in [2.05, 4.69) is 27.7 Å². The maximum absolute atomic E-state index is 12.2. The Morgan fingerprint density at radius 2 is 2.10 bits per heavy atom. The van der Waals surface area contributed by atoms with Crippen molar-refractivity contribution in [2.24, 2.45) is 0 Å². The summed E-state index contributed by atoms with van der Waals surface area (Å²) in [6.45, 7) is 1.26. The number of thiophene rings is 1. The molecule has 2 aromatic rings. The molecular weight excluding hydrogens is 282 g/mol. The molecule has 3 rings (SSSR count). The highest BCUT2D eigenvalue weighted by Crippen LogP contribution is 2.29. The Bertz CT molecular complexity index is 608. The SMILES string of the molecule is Nc1ccccc1NC(=O)CN(Cc1cccs1)C1CC1. The van der Waals surface area contributed by atoms with Crippen molar-refractivity contribution in [1.82, 2.24) is 4.90 Å². The summed E-state index contributed by atoms with van der Waals surface area (Å²) in [6, 6.07) is 12.1. The molecule has 1 aromatic carbocycles. The van der Waals surface area contributed by atoms with Crippen LogP contribution in [0.4, 0.5) is 11.4 Å². The molecule has 1 heterocycles. The molecule has 4 nitrogen and oxygen atoms in total. The van der Waals surface area contributed by atoms with Gasteiger partial charge in [-0.3, -0.25) is 9.69 Å². The molecule has 0 bridgehead atoms. The zero-order valence-electron chi connectivity index (χ0n) is 11.8. The number of anilines is 2. The van der Waals surface area contributed by atoms with Gasteiger partial charge < -0.3 is 11.1 Å². The van der Waals surface area contributed by atoms with E-state index < -0.39 is 0 Å². The van der Waals surface area contributed by atoms with Crippen LogP contribution >= 0.6 is 11.3 Å². The van der Waals surface area contributed by atoms with Gasteiger partial charge in [0.2, 0.25) is 5.91 Å². The lowest BCUT2D eigenvalue weighted by molar-refractivity contribution is -0.117. The van der Waals surface area contributed by atoms with Gasteiger partial charge in [0.25, 0.3) is 0 Å². The number of benzene rings is 1. The highest BCUT2D eigenvalue weighted by molar-refractivity contribution is 7.09. The Balaban J connectivity index is 1.60. The van der Waals surface area contributed by atoms with Crippen molar-refractivity contribution in [2.75, 3.05) is 17.6 Å². The Morgan fingerprint density at radius 1 is 1.29 bits per heavy atom. The monoisotopic (exact) mass is 301 g/mol. The second kappa shape index (κ2) is 6.28. The number of para-hydroxylation sites is 2. The number of amides is 1. The van der Waals surface area contributed by atoms with Gasteiger partial charge in [0.05, 0.1) is 17.9 Å². The van der Waals surface area contributed by atoms with Crippen molar-refractivity contribution in [3.8, 4) is 0 Å². The molecule has 1 fully saturated rings. The normalized spacial score (nSPS) is 14.3. The molecule has 3 N–H and O–H groups in total. The Hall–Kier alpha value is -1.85. The molecule has 1 amide bonds. The van der Waals surface area contributed by atoms with Crippen molar-refractivity contribution in [3.63, 3.8) is 0 Å². The minimum atomic E-state index is -0.00337. The number of hydrogen-bond acceptors (Lipinski definition) is 4. The van der Waals surface area contributed by atoms with E-state index in [0.717, 1.165) is 6.54 Å². The van der Waals surface area contributed by atoms with Crippen LogP contribution in [0.5, 0.6) is 0 Å². The highest BCUT2D eigenvalue weighted by atomic mass is 32.1. The summed E-state index contributed by atoms with van der Waals surface area (Å²) in [4.78, 5) is 15.8. The van der Waals surface area contributed by atoms with Crippen LogP contribution in [0, 0.1) is 0 Å². The van der Waals surface area contributed by atoms with E-state index in [9.17, 15) is 4.79 Å². The van der Waals surface area contributed by atoms with Crippen molar-refractivity contribution in [2.45, 2.75) is 25.4 Å². The summed E-state index contributed by atoms with van der Waals surface area (Å²) in [5.74, 6) is -0.00337. The number of nitrogens with two attached hydrogens (primary N) is 1. The zero-order chi connectivity index (χ0) is 14.7. The number of nitrogen functional groups attached to an aromatic ring is 1. The van der Waals surface area contributed by atoms with Crippen LogP contribution in [0.1, 0.15) is 17.7 Å². The van der Waals surface area contributed by atoms with Crippen molar-refractivity contribution >= 4 is 28.6 Å². The summed E-state index contributed by atoms with van der Waals surface area (Å²) in [5.41, 5.74) is 7.14. The van der Waals surface area contributed by atoms with Crippen LogP contribution in [-0.2, 0) is 11.3 Å². The van der Waals surface area contributed by atoms with E-state index in [-0.39, 0.29) is 5.91 Å². The molecule has 1 aromatic heterocycles. The predicted molar refractivity (Wildman–Crippen MR) is 87.2 cm³/mol. The number of hydrogen-bond donors (Lipinski definition) is 2. The van der Waals surface area contributed by atoms with Crippen LogP contribution in [-0.4, -0.2) is 23.4 Å². The molecule has 0 radical (unpaired) electrons. The van der Waals surface area contributed by atoms with E-state index in [1.807, 2.05) is 18.2 Å². The second-order valence-electron chi connectivity index (χ2n) is 5.35. The van der Waals surface area contributed by atoms with Crippen LogP contribution in [0.3, 0.4) is 0 Å². The number of carbonyl (C=O) groups excluding carboxylic acids is 1. The first kappa shape index (κ1) is 14.1. The first-order chi connectivity index (χ1) is 10.2. The molecular formula is C16H19N3OS. The lowest BCUT2D eigenvalue weighted by Gasteiger charge is -2.20. The Kier molecular flexibility index (Phi) is 4.22. The number of nitrogens with zero attached hydrogens (tertiary/aromatic N) is 1. The van der Waals surface area contributed by atoms with Crippen LogP contribution in [0.2, 0.25) is 0 Å². The van der Waals surface area contributed by atoms with Gasteiger partial charge in [0.15, 0.2) is 0 Å². The van der Waals surface area contributed by atoms with Gasteiger partial charge in [-0.1, -0.05) is 18.2 Å². The summed E-state index contributed by atoms with van der Waals surface area (Å²) >= 11 is 1.74. The zero-order valence-corrected chi connectivity index (χ0v) is 12.6. The van der Waals surface area contributed by atoms with Crippen LogP contribution in [0.15, 0.2) is 41.8 Å². The molecule has 1 aliphatic rings. The average molecular weight is 301 g/mol. The fourth-order valence-corrected chi connectivity index (χ4v) is 3.07. The molecule has 5 heteroatoms. The van der Waals surface area contributed by atoms with E-state index >= 15 is 0 Å². The van der Waals surface area contributed by atoms with Gasteiger partial charge >= 0.3 is 0 Å². The number of rotatable bonds is 6. The fraction of sp³-hybridized carbons (Fsp3) is 0.312. The molecule has 0 atom stereocenters. The summed E-state index contributed by atoms with van der Waals surface area (Å²) in [7, 11) is 0. The van der Waals surface area contributed by atoms with E-state index in [4.69, 9.17) is 5.73 Å². The molecule has 21 heavy (non-hydrogen) atoms. The molecule has 1 saturated carbocycles. The van der Waals surface area contributed by atoms with Gasteiger partial charge in [-0.05, 0) is 36.4 Å². The quantitative estimate of drug-likeness (QED) is 0.807. The van der Waals surface area contributed by atoms with Gasteiger partial charge in [-0.2, -0.15) is 0 Å². The smallest absolute Gasteiger partial charge is 0.238 e. The number of carbonyl (C=O) groups is 1. The Morgan fingerprint density at radius 3 is 2.76 bits per heavy atom. The first-order valence-electron chi connectivity index (χ1n) is 7.13. The maximum Gasteiger partial charge on any atom is 0.238 e. The topological polar surface area (TPSA) is 58.4 Å². The lowest BCUT2D eigenvalue weighted by Crippen LogP contribution is -2.34. The van der Waals surface area contributed by atoms with Gasteiger partial charge in [0, 0.05) is 17.5 Å². The summed E-state index contributed by atoms with van der Waals surface area (Å²) in [6.07, 6.45) is 2.37. The van der Waals surface area contributed by atoms with Crippen molar-refractivity contribution in [3.05, 3.63) is 46.7 Å². The largest absolute Gasteiger partial charge is 0.397 e. The second-order valence-corrected chi connectivity index (χ2v) is 6.38. The van der Waals surface area contributed by atoms with E-state index in [0.29, 0.717) is 24.0 Å². The lowest BCUT2D eigenvalue weighted by atomic mass is 10.2. The molecule has 0 unspecified atom stereocenters. The fourth-order valence-electron chi connectivity index (χ4n) is 2.34. The highest BCUT2D eigenvalue weighted by Gasteiger charge is 2.30. The minimum absolute atomic E-state index is 0.00337. The van der Waals surface area contributed by atoms with Crippen molar-refractivity contribution in [1.29, 1.82) is 0 Å². The third-order valence-electron chi connectivity index (χ3n) is 3.58. The molecule has 110 valence electrons. The third kappa shape index (κ3) is 3.83. The Labute approximate surface area is 128 Å². The van der Waals surface area contributed by atoms with E-state index in [1.165, 1.54) is 17.7 Å². The average Bonchev–Trinajstić information content (AvgIpc) is 3.19.